The molecule has 110 valence electrons. The van der Waals surface area contributed by atoms with Crippen LogP contribution in [0.4, 0.5) is 0 Å². The number of thioether (sulfide) groups is 1. The second kappa shape index (κ2) is 9.17. The first-order valence-electron chi connectivity index (χ1n) is 6.60. The molecule has 1 rings (SSSR count). The highest BCUT2D eigenvalue weighted by Crippen LogP contribution is 2.08. The molecule has 0 saturated carbocycles. The Labute approximate surface area is 118 Å². The summed E-state index contributed by atoms with van der Waals surface area (Å²) in [5, 5.41) is 8.91. The number of hydrogen-bond acceptors (Lipinski definition) is 5. The van der Waals surface area contributed by atoms with Gasteiger partial charge in [0.15, 0.2) is 0 Å². The van der Waals surface area contributed by atoms with Gasteiger partial charge in [-0.3, -0.25) is 14.5 Å². The second-order valence-electron chi connectivity index (χ2n) is 4.57. The molecule has 1 fully saturated rings. The van der Waals surface area contributed by atoms with E-state index < -0.39 is 0 Å². The number of aliphatic hydroxyl groups is 1. The van der Waals surface area contributed by atoms with Gasteiger partial charge in [0.05, 0.1) is 12.4 Å². The molecule has 0 bridgehead atoms. The molecule has 19 heavy (non-hydrogen) atoms. The van der Waals surface area contributed by atoms with Gasteiger partial charge in [0.1, 0.15) is 0 Å². The molecule has 1 aliphatic heterocycles. The minimum absolute atomic E-state index is 0.141. The quantitative estimate of drug-likeness (QED) is 0.595. The highest BCUT2D eigenvalue weighted by Gasteiger charge is 2.18. The van der Waals surface area contributed by atoms with Crippen molar-refractivity contribution in [3.8, 4) is 0 Å². The normalized spacial score (nSPS) is 17.2. The van der Waals surface area contributed by atoms with Gasteiger partial charge in [-0.05, 0) is 13.0 Å². The van der Waals surface area contributed by atoms with E-state index in [2.05, 4.69) is 4.90 Å². The molecule has 0 spiro atoms. The summed E-state index contributed by atoms with van der Waals surface area (Å²) in [5.74, 6) is 0.714. The largest absolute Gasteiger partial charge is 0.395 e. The van der Waals surface area contributed by atoms with Crippen molar-refractivity contribution in [2.24, 2.45) is 5.73 Å². The van der Waals surface area contributed by atoms with E-state index in [1.807, 2.05) is 4.90 Å². The van der Waals surface area contributed by atoms with Crippen LogP contribution in [0.1, 0.15) is 12.8 Å². The van der Waals surface area contributed by atoms with Crippen LogP contribution < -0.4 is 5.73 Å². The number of nitrogens with zero attached hydrogens (tertiary/aromatic N) is 2. The lowest BCUT2D eigenvalue weighted by atomic mass is 10.3. The van der Waals surface area contributed by atoms with Crippen molar-refractivity contribution in [2.75, 3.05) is 50.8 Å². The summed E-state index contributed by atoms with van der Waals surface area (Å²) in [7, 11) is 0. The third kappa shape index (κ3) is 6.79. The van der Waals surface area contributed by atoms with E-state index in [1.54, 1.807) is 0 Å². The van der Waals surface area contributed by atoms with Crippen molar-refractivity contribution in [3.05, 3.63) is 0 Å². The van der Waals surface area contributed by atoms with E-state index in [-0.39, 0.29) is 24.2 Å². The molecule has 0 aromatic carbocycles. The van der Waals surface area contributed by atoms with E-state index in [1.165, 1.54) is 11.8 Å². The zero-order valence-electron chi connectivity index (χ0n) is 11.2. The average molecular weight is 289 g/mol. The zero-order valence-corrected chi connectivity index (χ0v) is 12.0. The number of rotatable bonds is 7. The molecule has 6 nitrogen and oxygen atoms in total. The van der Waals surface area contributed by atoms with E-state index in [4.69, 9.17) is 10.8 Å². The maximum absolute atomic E-state index is 12.0. The van der Waals surface area contributed by atoms with Gasteiger partial charge in [-0.25, -0.2) is 0 Å². The van der Waals surface area contributed by atoms with Gasteiger partial charge in [-0.1, -0.05) is 0 Å². The van der Waals surface area contributed by atoms with Crippen molar-refractivity contribution in [1.29, 1.82) is 0 Å². The summed E-state index contributed by atoms with van der Waals surface area (Å²) in [6, 6.07) is 0. The first kappa shape index (κ1) is 16.3. The Bertz CT molecular complexity index is 302. The smallest absolute Gasteiger partial charge is 0.227 e. The van der Waals surface area contributed by atoms with Gasteiger partial charge in [0, 0.05) is 38.4 Å². The van der Waals surface area contributed by atoms with Crippen molar-refractivity contribution >= 4 is 23.6 Å². The Kier molecular flexibility index (Phi) is 7.85. The number of amides is 2. The average Bonchev–Trinajstić information content (AvgIpc) is 2.60. The SMILES string of the molecule is NC(=O)CSCCC(=O)N1CCCN(CCO)CC1. The molecule has 7 heteroatoms. The maximum Gasteiger partial charge on any atom is 0.227 e. The predicted octanol–water partition coefficient (Wildman–Crippen LogP) is -0.878. The lowest BCUT2D eigenvalue weighted by Gasteiger charge is -2.21. The third-order valence-corrected chi connectivity index (χ3v) is 4.04. The molecule has 0 unspecified atom stereocenters. The Morgan fingerprint density at radius 2 is 2.00 bits per heavy atom. The minimum Gasteiger partial charge on any atom is -0.395 e. The van der Waals surface area contributed by atoms with Crippen LogP contribution in [0.15, 0.2) is 0 Å². The van der Waals surface area contributed by atoms with Gasteiger partial charge in [0.2, 0.25) is 11.8 Å². The number of β-amino-alcohol motifs (C(OH)–C–C–N with tert-alkyl or cyclic N) is 1. The molecule has 1 saturated heterocycles. The van der Waals surface area contributed by atoms with Gasteiger partial charge >= 0.3 is 0 Å². The second-order valence-corrected chi connectivity index (χ2v) is 5.67. The van der Waals surface area contributed by atoms with E-state index in [0.29, 0.717) is 18.7 Å². The molecule has 0 atom stereocenters. The predicted molar refractivity (Wildman–Crippen MR) is 75.9 cm³/mol. The Hall–Kier alpha value is -0.790. The monoisotopic (exact) mass is 289 g/mol. The molecular weight excluding hydrogens is 266 g/mol. The van der Waals surface area contributed by atoms with Crippen molar-refractivity contribution < 1.29 is 14.7 Å². The Morgan fingerprint density at radius 1 is 1.21 bits per heavy atom. The van der Waals surface area contributed by atoms with Gasteiger partial charge in [-0.15, -0.1) is 0 Å². The topological polar surface area (TPSA) is 86.9 Å². The Balaban J connectivity index is 2.23. The molecule has 0 aromatic heterocycles. The highest BCUT2D eigenvalue weighted by atomic mass is 32.2. The van der Waals surface area contributed by atoms with Crippen LogP contribution in [0.3, 0.4) is 0 Å². The van der Waals surface area contributed by atoms with Crippen LogP contribution in [0, 0.1) is 0 Å². The molecule has 0 aliphatic carbocycles. The van der Waals surface area contributed by atoms with Crippen LogP contribution in [0.25, 0.3) is 0 Å². The van der Waals surface area contributed by atoms with Crippen LogP contribution in [-0.2, 0) is 9.59 Å². The molecular formula is C12H23N3O3S. The lowest BCUT2D eigenvalue weighted by Crippen LogP contribution is -2.36. The fraction of sp³-hybridized carbons (Fsp3) is 0.833. The molecule has 0 aromatic rings. The summed E-state index contributed by atoms with van der Waals surface area (Å²) >= 11 is 1.40. The van der Waals surface area contributed by atoms with Crippen LogP contribution in [0.2, 0.25) is 0 Å². The van der Waals surface area contributed by atoms with E-state index >= 15 is 0 Å². The lowest BCUT2D eigenvalue weighted by molar-refractivity contribution is -0.130. The number of carbonyl (C=O) groups is 2. The maximum atomic E-state index is 12.0. The fourth-order valence-electron chi connectivity index (χ4n) is 2.08. The van der Waals surface area contributed by atoms with Crippen LogP contribution >= 0.6 is 11.8 Å². The van der Waals surface area contributed by atoms with Crippen LogP contribution in [0.5, 0.6) is 0 Å². The number of aliphatic hydroxyl groups excluding tert-OH is 1. The molecule has 0 radical (unpaired) electrons. The van der Waals surface area contributed by atoms with Crippen molar-refractivity contribution in [3.63, 3.8) is 0 Å². The highest BCUT2D eigenvalue weighted by molar-refractivity contribution is 7.99. The summed E-state index contributed by atoms with van der Waals surface area (Å²) < 4.78 is 0. The third-order valence-electron chi connectivity index (χ3n) is 3.06. The molecule has 1 heterocycles. The summed E-state index contributed by atoms with van der Waals surface area (Å²) in [4.78, 5) is 26.6. The standard InChI is InChI=1S/C12H23N3O3S/c13-11(17)10-19-9-2-12(18)15-4-1-3-14(5-6-15)7-8-16/h16H,1-10H2,(H2,13,17). The number of hydrogen-bond donors (Lipinski definition) is 2. The Morgan fingerprint density at radius 3 is 2.68 bits per heavy atom. The number of primary amides is 1. The number of nitrogens with two attached hydrogens (primary N) is 1. The number of carbonyl (C=O) groups excluding carboxylic acids is 2. The van der Waals surface area contributed by atoms with Gasteiger partial charge in [0.25, 0.3) is 0 Å². The summed E-state index contributed by atoms with van der Waals surface area (Å²) in [6.45, 7) is 4.09. The first-order valence-corrected chi connectivity index (χ1v) is 7.76. The minimum atomic E-state index is -0.341. The zero-order chi connectivity index (χ0) is 14.1. The fourth-order valence-corrected chi connectivity index (χ4v) is 2.74. The van der Waals surface area contributed by atoms with Crippen molar-refractivity contribution in [1.82, 2.24) is 9.80 Å². The first-order chi connectivity index (χ1) is 9.13. The van der Waals surface area contributed by atoms with Crippen LogP contribution in [-0.4, -0.2) is 77.6 Å². The molecule has 2 amide bonds. The van der Waals surface area contributed by atoms with Gasteiger partial charge < -0.3 is 15.7 Å². The summed E-state index contributed by atoms with van der Waals surface area (Å²) in [5.41, 5.74) is 5.04. The molecule has 3 N–H and O–H groups in total. The van der Waals surface area contributed by atoms with Crippen molar-refractivity contribution in [2.45, 2.75) is 12.8 Å². The molecule has 1 aliphatic rings. The van der Waals surface area contributed by atoms with Gasteiger partial charge in [-0.2, -0.15) is 11.8 Å². The van der Waals surface area contributed by atoms with E-state index in [0.717, 1.165) is 32.6 Å². The van der Waals surface area contributed by atoms with E-state index in [9.17, 15) is 9.59 Å². The summed E-state index contributed by atoms with van der Waals surface area (Å²) in [6.07, 6.45) is 1.40.